The van der Waals surface area contributed by atoms with Gasteiger partial charge < -0.3 is 10.1 Å². The third-order valence-electron chi connectivity index (χ3n) is 4.11. The SMILES string of the molecule is CNC1(C(=CCl)OC(=O)c2ccc(Cl)cc2Cl)CCCCC1.Cl. The van der Waals surface area contributed by atoms with Gasteiger partial charge in [-0.3, -0.25) is 0 Å². The van der Waals surface area contributed by atoms with Gasteiger partial charge in [0.2, 0.25) is 0 Å². The van der Waals surface area contributed by atoms with Crippen molar-refractivity contribution in [2.75, 3.05) is 7.05 Å². The first-order chi connectivity index (χ1) is 10.5. The fourth-order valence-electron chi connectivity index (χ4n) is 2.81. The Bertz CT molecular complexity index is 583. The van der Waals surface area contributed by atoms with Gasteiger partial charge in [0.1, 0.15) is 5.76 Å². The van der Waals surface area contributed by atoms with Crippen LogP contribution in [-0.2, 0) is 4.74 Å². The number of rotatable bonds is 4. The molecule has 3 nitrogen and oxygen atoms in total. The van der Waals surface area contributed by atoms with Crippen molar-refractivity contribution in [3.05, 3.63) is 45.1 Å². The second kappa shape index (κ2) is 9.14. The molecule has 0 bridgehead atoms. The maximum atomic E-state index is 12.4. The molecule has 2 rings (SSSR count). The van der Waals surface area contributed by atoms with E-state index in [2.05, 4.69) is 5.32 Å². The number of likely N-dealkylation sites (N-methyl/N-ethyl adjacent to an activating group) is 1. The maximum Gasteiger partial charge on any atom is 0.344 e. The Hall–Kier alpha value is -0.450. The van der Waals surface area contributed by atoms with Crippen molar-refractivity contribution in [1.82, 2.24) is 5.32 Å². The van der Waals surface area contributed by atoms with E-state index in [1.54, 1.807) is 12.1 Å². The first kappa shape index (κ1) is 20.6. The van der Waals surface area contributed by atoms with Gasteiger partial charge in [0.05, 0.1) is 16.1 Å². The Morgan fingerprint density at radius 3 is 2.43 bits per heavy atom. The molecule has 0 atom stereocenters. The molecule has 1 saturated carbocycles. The van der Waals surface area contributed by atoms with Gasteiger partial charge in [-0.2, -0.15) is 0 Å². The number of hydrogen-bond donors (Lipinski definition) is 1. The Morgan fingerprint density at radius 2 is 1.91 bits per heavy atom. The molecule has 1 aliphatic rings. The summed E-state index contributed by atoms with van der Waals surface area (Å²) in [4.78, 5) is 12.4. The predicted octanol–water partition coefficient (Wildman–Crippen LogP) is 5.57. The average Bonchev–Trinajstić information content (AvgIpc) is 2.53. The molecular formula is C16H19Cl4NO2. The number of ether oxygens (including phenoxy) is 1. The average molecular weight is 399 g/mol. The van der Waals surface area contributed by atoms with Crippen molar-refractivity contribution in [1.29, 1.82) is 0 Å². The molecule has 1 aliphatic carbocycles. The van der Waals surface area contributed by atoms with Gasteiger partial charge in [0.15, 0.2) is 0 Å². The smallest absolute Gasteiger partial charge is 0.344 e. The van der Waals surface area contributed by atoms with Gasteiger partial charge in [-0.15, -0.1) is 12.4 Å². The Labute approximate surface area is 157 Å². The van der Waals surface area contributed by atoms with E-state index in [-0.39, 0.29) is 23.0 Å². The lowest BCUT2D eigenvalue weighted by atomic mass is 9.80. The number of nitrogens with one attached hydrogen (secondary N) is 1. The Morgan fingerprint density at radius 1 is 1.26 bits per heavy atom. The van der Waals surface area contributed by atoms with Crippen LogP contribution in [0, 0.1) is 0 Å². The molecule has 0 unspecified atom stereocenters. The second-order valence-corrected chi connectivity index (χ2v) is 6.44. The fourth-order valence-corrected chi connectivity index (χ4v) is 3.55. The third kappa shape index (κ3) is 4.77. The minimum absolute atomic E-state index is 0. The number of benzene rings is 1. The number of esters is 1. The quantitative estimate of drug-likeness (QED) is 0.531. The first-order valence-electron chi connectivity index (χ1n) is 7.19. The standard InChI is InChI=1S/C16H18Cl3NO2.ClH/c1-20-16(7-3-2-4-8-16)14(10-17)22-15(21)12-6-5-11(18)9-13(12)19;/h5-6,9-10,20H,2-4,7-8H2,1H3;1H. The number of carbonyl (C=O) groups is 1. The molecule has 0 heterocycles. The largest absolute Gasteiger partial charge is 0.424 e. The summed E-state index contributed by atoms with van der Waals surface area (Å²) < 4.78 is 5.54. The molecule has 0 spiro atoms. The minimum Gasteiger partial charge on any atom is -0.424 e. The summed E-state index contributed by atoms with van der Waals surface area (Å²) in [5.41, 5.74) is 1.21. The predicted molar refractivity (Wildman–Crippen MR) is 97.9 cm³/mol. The van der Waals surface area contributed by atoms with Gasteiger partial charge >= 0.3 is 5.97 Å². The highest BCUT2D eigenvalue weighted by Gasteiger charge is 2.37. The van der Waals surface area contributed by atoms with E-state index in [1.165, 1.54) is 18.0 Å². The highest BCUT2D eigenvalue weighted by atomic mass is 35.5. The van der Waals surface area contributed by atoms with Crippen LogP contribution in [0.3, 0.4) is 0 Å². The van der Waals surface area contributed by atoms with Crippen molar-refractivity contribution in [2.45, 2.75) is 37.6 Å². The highest BCUT2D eigenvalue weighted by Crippen LogP contribution is 2.35. The zero-order valence-corrected chi connectivity index (χ0v) is 15.8. The van der Waals surface area contributed by atoms with Crippen LogP contribution in [0.15, 0.2) is 29.5 Å². The van der Waals surface area contributed by atoms with Gasteiger partial charge in [-0.05, 0) is 38.1 Å². The maximum absolute atomic E-state index is 12.4. The van der Waals surface area contributed by atoms with E-state index in [0.29, 0.717) is 10.8 Å². The molecular weight excluding hydrogens is 380 g/mol. The van der Waals surface area contributed by atoms with Crippen LogP contribution < -0.4 is 5.32 Å². The van der Waals surface area contributed by atoms with Crippen LogP contribution in [0.4, 0.5) is 0 Å². The molecule has 0 radical (unpaired) electrons. The number of hydrogen-bond acceptors (Lipinski definition) is 3. The molecule has 0 aromatic heterocycles. The van der Waals surface area contributed by atoms with E-state index in [0.717, 1.165) is 25.7 Å². The summed E-state index contributed by atoms with van der Waals surface area (Å²) in [5, 5.41) is 3.99. The van der Waals surface area contributed by atoms with Gasteiger partial charge in [0.25, 0.3) is 0 Å². The van der Waals surface area contributed by atoms with E-state index in [4.69, 9.17) is 39.5 Å². The third-order valence-corrected chi connectivity index (χ3v) is 4.86. The lowest BCUT2D eigenvalue weighted by Crippen LogP contribution is -2.47. The van der Waals surface area contributed by atoms with Crippen LogP contribution in [0.25, 0.3) is 0 Å². The summed E-state index contributed by atoms with van der Waals surface area (Å²) in [7, 11) is 1.86. The summed E-state index contributed by atoms with van der Waals surface area (Å²) in [5.74, 6) is -0.0962. The van der Waals surface area contributed by atoms with Crippen molar-refractivity contribution in [3.8, 4) is 0 Å². The topological polar surface area (TPSA) is 38.3 Å². The van der Waals surface area contributed by atoms with E-state index >= 15 is 0 Å². The summed E-state index contributed by atoms with van der Waals surface area (Å²) in [6.45, 7) is 0. The summed E-state index contributed by atoms with van der Waals surface area (Å²) in [6, 6.07) is 4.66. The molecule has 1 N–H and O–H groups in total. The van der Waals surface area contributed by atoms with Crippen LogP contribution in [-0.4, -0.2) is 18.6 Å². The fraction of sp³-hybridized carbons (Fsp3) is 0.438. The Kier molecular flexibility index (Phi) is 8.19. The molecule has 128 valence electrons. The zero-order valence-electron chi connectivity index (χ0n) is 12.7. The summed E-state index contributed by atoms with van der Waals surface area (Å²) in [6.07, 6.45) is 5.06. The van der Waals surface area contributed by atoms with Crippen LogP contribution in [0.1, 0.15) is 42.5 Å². The monoisotopic (exact) mass is 397 g/mol. The number of carbonyl (C=O) groups excluding carboxylic acids is 1. The lowest BCUT2D eigenvalue weighted by molar-refractivity contribution is 0.0534. The van der Waals surface area contributed by atoms with E-state index in [9.17, 15) is 4.79 Å². The van der Waals surface area contributed by atoms with Crippen molar-refractivity contribution in [2.24, 2.45) is 0 Å². The second-order valence-electron chi connectivity index (χ2n) is 5.38. The van der Waals surface area contributed by atoms with Gasteiger partial charge in [-0.25, -0.2) is 4.79 Å². The van der Waals surface area contributed by atoms with Gasteiger partial charge in [0, 0.05) is 10.6 Å². The normalized spacial score (nSPS) is 17.3. The van der Waals surface area contributed by atoms with Crippen molar-refractivity contribution < 1.29 is 9.53 Å². The highest BCUT2D eigenvalue weighted by molar-refractivity contribution is 6.36. The lowest BCUT2D eigenvalue weighted by Gasteiger charge is -2.37. The van der Waals surface area contributed by atoms with E-state index in [1.807, 2.05) is 7.05 Å². The molecule has 0 saturated heterocycles. The molecule has 1 aromatic carbocycles. The van der Waals surface area contributed by atoms with E-state index < -0.39 is 11.5 Å². The summed E-state index contributed by atoms with van der Waals surface area (Å²) >= 11 is 17.8. The molecule has 0 amide bonds. The number of halogens is 4. The van der Waals surface area contributed by atoms with Crippen molar-refractivity contribution in [3.63, 3.8) is 0 Å². The molecule has 0 aliphatic heterocycles. The van der Waals surface area contributed by atoms with Gasteiger partial charge in [-0.1, -0.05) is 54.1 Å². The zero-order chi connectivity index (χ0) is 16.2. The van der Waals surface area contributed by atoms with Crippen LogP contribution in [0.5, 0.6) is 0 Å². The molecule has 23 heavy (non-hydrogen) atoms. The van der Waals surface area contributed by atoms with Crippen LogP contribution in [0.2, 0.25) is 10.0 Å². The Balaban J connectivity index is 0.00000264. The minimum atomic E-state index is -0.534. The van der Waals surface area contributed by atoms with Crippen molar-refractivity contribution >= 4 is 53.2 Å². The molecule has 1 fully saturated rings. The van der Waals surface area contributed by atoms with Crippen LogP contribution >= 0.6 is 47.2 Å². The molecule has 1 aromatic rings. The first-order valence-corrected chi connectivity index (χ1v) is 8.38. The molecule has 7 heteroatoms.